The van der Waals surface area contributed by atoms with Crippen LogP contribution in [0, 0.1) is 0 Å². The highest BCUT2D eigenvalue weighted by Crippen LogP contribution is 2.36. The average molecular weight is 420 g/mol. The molecule has 4 nitrogen and oxygen atoms in total. The molecule has 3 aromatic rings. The minimum atomic E-state index is -1.09. The standard InChI is InChI=1S/C20H15Cl2NO3S/c21-14-7-5-13(6-8-14)16-11-27-19(18(16)20(25)26)23-17(24)9-4-12-2-1-3-15(22)10-12/h1-3,5-8,10-11H,4,9H2,(H,23,24)(H,25,26). The molecule has 1 aromatic heterocycles. The van der Waals surface area contributed by atoms with Gasteiger partial charge in [0.05, 0.1) is 0 Å². The van der Waals surface area contributed by atoms with Gasteiger partial charge in [-0.05, 0) is 41.8 Å². The second-order valence-corrected chi connectivity index (χ2v) is 7.60. The Morgan fingerprint density at radius 3 is 2.44 bits per heavy atom. The van der Waals surface area contributed by atoms with Gasteiger partial charge in [-0.1, -0.05) is 47.5 Å². The van der Waals surface area contributed by atoms with E-state index in [4.69, 9.17) is 23.2 Å². The quantitative estimate of drug-likeness (QED) is 0.515. The Kier molecular flexibility index (Phi) is 6.16. The fourth-order valence-corrected chi connectivity index (χ4v) is 3.96. The van der Waals surface area contributed by atoms with Gasteiger partial charge in [0.15, 0.2) is 0 Å². The normalized spacial score (nSPS) is 10.6. The molecule has 0 fully saturated rings. The lowest BCUT2D eigenvalue weighted by Crippen LogP contribution is -2.14. The summed E-state index contributed by atoms with van der Waals surface area (Å²) < 4.78 is 0. The number of carboxylic acids is 1. The minimum absolute atomic E-state index is 0.0819. The van der Waals surface area contributed by atoms with Crippen LogP contribution >= 0.6 is 34.5 Å². The molecule has 0 unspecified atom stereocenters. The number of nitrogens with one attached hydrogen (secondary N) is 1. The maximum absolute atomic E-state index is 12.3. The number of carboxylic acid groups (broad SMARTS) is 1. The van der Waals surface area contributed by atoms with Crippen molar-refractivity contribution in [2.45, 2.75) is 12.8 Å². The van der Waals surface area contributed by atoms with Gasteiger partial charge < -0.3 is 10.4 Å². The molecule has 0 aliphatic rings. The van der Waals surface area contributed by atoms with Crippen LogP contribution in [0.2, 0.25) is 10.0 Å². The van der Waals surface area contributed by atoms with Crippen molar-refractivity contribution in [1.29, 1.82) is 0 Å². The summed E-state index contributed by atoms with van der Waals surface area (Å²) in [5.41, 5.74) is 2.31. The van der Waals surface area contributed by atoms with Gasteiger partial charge >= 0.3 is 5.97 Å². The average Bonchev–Trinajstić information content (AvgIpc) is 3.04. The number of aromatic carboxylic acids is 1. The van der Waals surface area contributed by atoms with Crippen LogP contribution in [0.15, 0.2) is 53.9 Å². The summed E-state index contributed by atoms with van der Waals surface area (Å²) in [5.74, 6) is -1.34. The van der Waals surface area contributed by atoms with Gasteiger partial charge in [0.2, 0.25) is 5.91 Å². The number of carbonyl (C=O) groups is 2. The number of aryl methyl sites for hydroxylation is 1. The number of carbonyl (C=O) groups excluding carboxylic acids is 1. The molecule has 27 heavy (non-hydrogen) atoms. The Hall–Kier alpha value is -2.34. The van der Waals surface area contributed by atoms with Crippen molar-refractivity contribution in [3.63, 3.8) is 0 Å². The van der Waals surface area contributed by atoms with Gasteiger partial charge in [0.1, 0.15) is 10.6 Å². The number of rotatable bonds is 6. The topological polar surface area (TPSA) is 66.4 Å². The molecule has 2 N–H and O–H groups in total. The number of anilines is 1. The third kappa shape index (κ3) is 4.89. The highest BCUT2D eigenvalue weighted by molar-refractivity contribution is 7.15. The number of benzene rings is 2. The first-order chi connectivity index (χ1) is 12.9. The molecule has 0 spiro atoms. The van der Waals surface area contributed by atoms with Crippen LogP contribution in [0.3, 0.4) is 0 Å². The van der Waals surface area contributed by atoms with Crippen molar-refractivity contribution in [1.82, 2.24) is 0 Å². The molecule has 0 saturated heterocycles. The molecule has 2 aromatic carbocycles. The van der Waals surface area contributed by atoms with Gasteiger partial charge in [-0.2, -0.15) is 0 Å². The molecule has 1 heterocycles. The Labute approximate surface area is 170 Å². The third-order valence-corrected chi connectivity index (χ3v) is 5.33. The van der Waals surface area contributed by atoms with Crippen molar-refractivity contribution in [2.24, 2.45) is 0 Å². The van der Waals surface area contributed by atoms with Gasteiger partial charge in [-0.15, -0.1) is 11.3 Å². The van der Waals surface area contributed by atoms with E-state index in [0.29, 0.717) is 27.0 Å². The van der Waals surface area contributed by atoms with Crippen LogP contribution in [0.5, 0.6) is 0 Å². The molecule has 0 atom stereocenters. The van der Waals surface area contributed by atoms with Crippen molar-refractivity contribution in [2.75, 3.05) is 5.32 Å². The summed E-state index contributed by atoms with van der Waals surface area (Å²) in [6, 6.07) is 14.2. The molecule has 0 bridgehead atoms. The largest absolute Gasteiger partial charge is 0.478 e. The number of halogens is 2. The highest BCUT2D eigenvalue weighted by Gasteiger charge is 2.21. The van der Waals surface area contributed by atoms with E-state index in [1.165, 1.54) is 11.3 Å². The molecule has 0 aliphatic carbocycles. The zero-order chi connectivity index (χ0) is 19.4. The number of hydrogen-bond donors (Lipinski definition) is 2. The number of thiophene rings is 1. The molecule has 0 aliphatic heterocycles. The van der Waals surface area contributed by atoms with E-state index in [1.807, 2.05) is 12.1 Å². The van der Waals surface area contributed by atoms with Crippen molar-refractivity contribution < 1.29 is 14.7 Å². The minimum Gasteiger partial charge on any atom is -0.478 e. The second-order valence-electron chi connectivity index (χ2n) is 5.84. The Bertz CT molecular complexity index is 983. The number of hydrogen-bond acceptors (Lipinski definition) is 3. The van der Waals surface area contributed by atoms with E-state index in [2.05, 4.69) is 5.32 Å². The van der Waals surface area contributed by atoms with Crippen molar-refractivity contribution >= 4 is 51.4 Å². The monoisotopic (exact) mass is 419 g/mol. The summed E-state index contributed by atoms with van der Waals surface area (Å²) in [4.78, 5) is 24.0. The third-order valence-electron chi connectivity index (χ3n) is 3.94. The summed E-state index contributed by atoms with van der Waals surface area (Å²) in [7, 11) is 0. The lowest BCUT2D eigenvalue weighted by Gasteiger charge is -2.07. The van der Waals surface area contributed by atoms with Crippen LogP contribution < -0.4 is 5.32 Å². The lowest BCUT2D eigenvalue weighted by atomic mass is 10.0. The zero-order valence-corrected chi connectivity index (χ0v) is 16.4. The predicted molar refractivity (Wildman–Crippen MR) is 110 cm³/mol. The summed E-state index contributed by atoms with van der Waals surface area (Å²) >= 11 is 13.0. The smallest absolute Gasteiger partial charge is 0.339 e. The molecule has 3 rings (SSSR count). The predicted octanol–water partition coefficient (Wildman–Crippen LogP) is 5.99. The van der Waals surface area contributed by atoms with E-state index in [-0.39, 0.29) is 17.9 Å². The van der Waals surface area contributed by atoms with Gasteiger partial charge in [-0.3, -0.25) is 4.79 Å². The first-order valence-electron chi connectivity index (χ1n) is 8.09. The highest BCUT2D eigenvalue weighted by atomic mass is 35.5. The van der Waals surface area contributed by atoms with E-state index in [1.54, 1.807) is 41.8 Å². The van der Waals surface area contributed by atoms with E-state index in [0.717, 1.165) is 11.1 Å². The van der Waals surface area contributed by atoms with Crippen LogP contribution in [0.4, 0.5) is 5.00 Å². The van der Waals surface area contributed by atoms with Gasteiger partial charge in [0.25, 0.3) is 0 Å². The summed E-state index contributed by atoms with van der Waals surface area (Å²) in [5, 5.41) is 15.6. The Morgan fingerprint density at radius 1 is 1.04 bits per heavy atom. The van der Waals surface area contributed by atoms with Gasteiger partial charge in [0, 0.05) is 27.4 Å². The molecule has 138 valence electrons. The first kappa shape index (κ1) is 19.4. The second kappa shape index (κ2) is 8.57. The Balaban J connectivity index is 1.75. The molecule has 7 heteroatoms. The fourth-order valence-electron chi connectivity index (χ4n) is 2.64. The SMILES string of the molecule is O=C(CCc1cccc(Cl)c1)Nc1scc(-c2ccc(Cl)cc2)c1C(=O)O. The summed E-state index contributed by atoms with van der Waals surface area (Å²) in [6.07, 6.45) is 0.748. The van der Waals surface area contributed by atoms with Gasteiger partial charge in [-0.25, -0.2) is 4.79 Å². The molecular weight excluding hydrogens is 405 g/mol. The van der Waals surface area contributed by atoms with Crippen LogP contribution in [0.1, 0.15) is 22.3 Å². The summed E-state index contributed by atoms with van der Waals surface area (Å²) in [6.45, 7) is 0. The van der Waals surface area contributed by atoms with E-state index in [9.17, 15) is 14.7 Å². The Morgan fingerprint density at radius 2 is 1.78 bits per heavy atom. The fraction of sp³-hybridized carbons (Fsp3) is 0.100. The zero-order valence-electron chi connectivity index (χ0n) is 14.0. The maximum atomic E-state index is 12.3. The first-order valence-corrected chi connectivity index (χ1v) is 9.72. The molecule has 0 saturated carbocycles. The van der Waals surface area contributed by atoms with Crippen LogP contribution in [-0.2, 0) is 11.2 Å². The molecular formula is C20H15Cl2NO3S. The molecule has 1 amide bonds. The molecule has 0 radical (unpaired) electrons. The van der Waals surface area contributed by atoms with E-state index < -0.39 is 5.97 Å². The lowest BCUT2D eigenvalue weighted by molar-refractivity contribution is -0.116. The van der Waals surface area contributed by atoms with Crippen LogP contribution in [-0.4, -0.2) is 17.0 Å². The van der Waals surface area contributed by atoms with Crippen molar-refractivity contribution in [3.05, 3.63) is 75.1 Å². The van der Waals surface area contributed by atoms with Crippen LogP contribution in [0.25, 0.3) is 11.1 Å². The maximum Gasteiger partial charge on any atom is 0.339 e. The van der Waals surface area contributed by atoms with Crippen molar-refractivity contribution in [3.8, 4) is 11.1 Å². The van der Waals surface area contributed by atoms with E-state index >= 15 is 0 Å². The number of amides is 1.